The fourth-order valence-electron chi connectivity index (χ4n) is 2.29. The number of hydrogen-bond acceptors (Lipinski definition) is 6. The maximum Gasteiger partial charge on any atom is 0.346 e. The number of hydrogen-bond donors (Lipinski definition) is 3. The number of nitrogens with zero attached hydrogens (tertiary/aromatic N) is 2. The number of thiophene rings is 1. The molecule has 6 nitrogen and oxygen atoms in total. The van der Waals surface area contributed by atoms with Crippen molar-refractivity contribution in [1.29, 1.82) is 0 Å². The molecule has 2 rings (SSSR count). The molecule has 2 aromatic heterocycles. The molecule has 0 aromatic carbocycles. The summed E-state index contributed by atoms with van der Waals surface area (Å²) < 4.78 is 0. The first-order valence-electron chi connectivity index (χ1n) is 7.46. The Morgan fingerprint density at radius 3 is 2.35 bits per heavy atom. The summed E-state index contributed by atoms with van der Waals surface area (Å²) >= 11 is 1.15. The average molecular weight is 336 g/mol. The summed E-state index contributed by atoms with van der Waals surface area (Å²) in [4.78, 5) is 21.2. The molecule has 0 aliphatic heterocycles. The third-order valence-electron chi connectivity index (χ3n) is 3.46. The summed E-state index contributed by atoms with van der Waals surface area (Å²) in [5.41, 5.74) is 6.53. The highest BCUT2D eigenvalue weighted by Crippen LogP contribution is 2.42. The Morgan fingerprint density at radius 1 is 1.26 bits per heavy atom. The average Bonchev–Trinajstić information content (AvgIpc) is 2.75. The van der Waals surface area contributed by atoms with Crippen molar-refractivity contribution in [2.45, 2.75) is 53.1 Å². The zero-order chi connectivity index (χ0) is 17.6. The van der Waals surface area contributed by atoms with Crippen LogP contribution in [0.15, 0.2) is 6.33 Å². The van der Waals surface area contributed by atoms with E-state index >= 15 is 0 Å². The van der Waals surface area contributed by atoms with Crippen LogP contribution in [0.4, 0.5) is 5.82 Å². The van der Waals surface area contributed by atoms with E-state index in [9.17, 15) is 9.90 Å². The standard InChI is InChI=1S/C16H24N4O2S/c1-15(2,3)11(17)8-9-12(20-16(4,5)6)18-7-19-13(9)23-10(8)14(21)22/h7,11H,17H2,1-6H3,(H,21,22)(H,18,19,20). The van der Waals surface area contributed by atoms with E-state index in [0.29, 0.717) is 21.6 Å². The molecule has 0 saturated carbocycles. The predicted molar refractivity (Wildman–Crippen MR) is 94.1 cm³/mol. The van der Waals surface area contributed by atoms with Gasteiger partial charge in [-0.3, -0.25) is 0 Å². The molecule has 0 saturated heterocycles. The number of fused-ring (bicyclic) bond motifs is 1. The molecule has 7 heteroatoms. The van der Waals surface area contributed by atoms with Gasteiger partial charge in [0.15, 0.2) is 0 Å². The first-order valence-corrected chi connectivity index (χ1v) is 8.28. The zero-order valence-electron chi connectivity index (χ0n) is 14.4. The summed E-state index contributed by atoms with van der Waals surface area (Å²) in [6, 6.07) is -0.436. The van der Waals surface area contributed by atoms with E-state index in [0.717, 1.165) is 11.3 Å². The molecule has 126 valence electrons. The van der Waals surface area contributed by atoms with Crippen LogP contribution < -0.4 is 11.1 Å². The molecular formula is C16H24N4O2S. The Morgan fingerprint density at radius 2 is 1.87 bits per heavy atom. The van der Waals surface area contributed by atoms with Crippen molar-refractivity contribution in [1.82, 2.24) is 9.97 Å². The second kappa shape index (κ2) is 5.72. The van der Waals surface area contributed by atoms with E-state index in [4.69, 9.17) is 5.73 Å². The normalized spacial score (nSPS) is 14.0. The van der Waals surface area contributed by atoms with Gasteiger partial charge in [-0.25, -0.2) is 14.8 Å². The minimum atomic E-state index is -0.982. The largest absolute Gasteiger partial charge is 0.477 e. The van der Waals surface area contributed by atoms with E-state index in [2.05, 4.69) is 15.3 Å². The predicted octanol–water partition coefficient (Wildman–Crippen LogP) is 3.65. The van der Waals surface area contributed by atoms with Crippen molar-refractivity contribution in [3.8, 4) is 0 Å². The topological polar surface area (TPSA) is 101 Å². The van der Waals surface area contributed by atoms with Gasteiger partial charge in [0.05, 0.1) is 5.39 Å². The molecule has 4 N–H and O–H groups in total. The number of nitrogens with one attached hydrogen (secondary N) is 1. The van der Waals surface area contributed by atoms with Crippen LogP contribution >= 0.6 is 11.3 Å². The number of aromatic nitrogens is 2. The first-order chi connectivity index (χ1) is 10.4. The molecule has 23 heavy (non-hydrogen) atoms. The maximum atomic E-state index is 11.7. The highest BCUT2D eigenvalue weighted by atomic mass is 32.1. The van der Waals surface area contributed by atoms with Gasteiger partial charge in [0.1, 0.15) is 21.9 Å². The van der Waals surface area contributed by atoms with E-state index in [-0.39, 0.29) is 15.8 Å². The van der Waals surface area contributed by atoms with Crippen molar-refractivity contribution in [2.24, 2.45) is 11.1 Å². The van der Waals surface area contributed by atoms with Gasteiger partial charge in [-0.2, -0.15) is 0 Å². The van der Waals surface area contributed by atoms with Gasteiger partial charge in [-0.05, 0) is 26.2 Å². The number of nitrogens with two attached hydrogens (primary N) is 1. The number of carboxylic acids is 1. The third-order valence-corrected chi connectivity index (χ3v) is 4.56. The molecule has 0 bridgehead atoms. The number of anilines is 1. The lowest BCUT2D eigenvalue weighted by Crippen LogP contribution is -2.29. The summed E-state index contributed by atoms with van der Waals surface area (Å²) in [7, 11) is 0. The van der Waals surface area contributed by atoms with Crippen LogP contribution in [0.2, 0.25) is 0 Å². The molecule has 0 aliphatic carbocycles. The zero-order valence-corrected chi connectivity index (χ0v) is 15.2. The Labute approximate surface area is 140 Å². The molecule has 1 unspecified atom stereocenters. The second-order valence-corrected chi connectivity index (χ2v) is 8.77. The van der Waals surface area contributed by atoms with E-state index in [1.54, 1.807) is 0 Å². The maximum absolute atomic E-state index is 11.7. The lowest BCUT2D eigenvalue weighted by molar-refractivity contribution is 0.0700. The number of carboxylic acid groups (broad SMARTS) is 1. The SMILES string of the molecule is CC(C)(C)Nc1ncnc2sc(C(=O)O)c(C(N)C(C)(C)C)c12. The minimum absolute atomic E-state index is 0.213. The molecule has 0 spiro atoms. The van der Waals surface area contributed by atoms with Crippen LogP contribution in [-0.4, -0.2) is 26.6 Å². The molecule has 2 aromatic rings. The van der Waals surface area contributed by atoms with Crippen LogP contribution in [0.3, 0.4) is 0 Å². The lowest BCUT2D eigenvalue weighted by atomic mass is 9.82. The van der Waals surface area contributed by atoms with Crippen LogP contribution in [-0.2, 0) is 0 Å². The third kappa shape index (κ3) is 3.61. The van der Waals surface area contributed by atoms with Gasteiger partial charge in [0.2, 0.25) is 0 Å². The van der Waals surface area contributed by atoms with Crippen molar-refractivity contribution in [2.75, 3.05) is 5.32 Å². The minimum Gasteiger partial charge on any atom is -0.477 e. The number of aromatic carboxylic acids is 1. The molecular weight excluding hydrogens is 312 g/mol. The summed E-state index contributed by atoms with van der Waals surface area (Å²) in [6.07, 6.45) is 1.45. The Bertz CT molecular complexity index is 741. The smallest absolute Gasteiger partial charge is 0.346 e. The molecule has 0 aliphatic rings. The summed E-state index contributed by atoms with van der Waals surface area (Å²) in [6.45, 7) is 12.0. The fourth-order valence-corrected chi connectivity index (χ4v) is 3.32. The van der Waals surface area contributed by atoms with E-state index < -0.39 is 12.0 Å². The van der Waals surface area contributed by atoms with E-state index in [1.807, 2.05) is 41.5 Å². The van der Waals surface area contributed by atoms with Gasteiger partial charge in [-0.15, -0.1) is 11.3 Å². The quantitative estimate of drug-likeness (QED) is 0.791. The van der Waals surface area contributed by atoms with Crippen LogP contribution in [0.5, 0.6) is 0 Å². The molecule has 1 atom stereocenters. The Hall–Kier alpha value is -1.73. The first kappa shape index (κ1) is 17.6. The fraction of sp³-hybridized carbons (Fsp3) is 0.562. The van der Waals surface area contributed by atoms with Crippen LogP contribution in [0.1, 0.15) is 62.8 Å². The van der Waals surface area contributed by atoms with Crippen molar-refractivity contribution < 1.29 is 9.90 Å². The molecule has 2 heterocycles. The van der Waals surface area contributed by atoms with Crippen LogP contribution in [0, 0.1) is 5.41 Å². The molecule has 0 amide bonds. The Balaban J connectivity index is 2.80. The number of rotatable bonds is 3. The lowest BCUT2D eigenvalue weighted by Gasteiger charge is -2.28. The molecule has 0 fully saturated rings. The van der Waals surface area contributed by atoms with Gasteiger partial charge >= 0.3 is 5.97 Å². The summed E-state index contributed by atoms with van der Waals surface area (Å²) in [5, 5.41) is 13.6. The van der Waals surface area contributed by atoms with Crippen molar-refractivity contribution in [3.05, 3.63) is 16.8 Å². The van der Waals surface area contributed by atoms with E-state index in [1.165, 1.54) is 6.33 Å². The Kier molecular flexibility index (Phi) is 4.38. The van der Waals surface area contributed by atoms with Crippen LogP contribution in [0.25, 0.3) is 10.2 Å². The number of carbonyl (C=O) groups is 1. The highest BCUT2D eigenvalue weighted by Gasteiger charge is 2.32. The molecule has 0 radical (unpaired) electrons. The van der Waals surface area contributed by atoms with Gasteiger partial charge in [0.25, 0.3) is 0 Å². The van der Waals surface area contributed by atoms with Gasteiger partial charge in [-0.1, -0.05) is 20.8 Å². The van der Waals surface area contributed by atoms with Gasteiger partial charge in [0, 0.05) is 17.1 Å². The monoisotopic (exact) mass is 336 g/mol. The van der Waals surface area contributed by atoms with Crippen molar-refractivity contribution >= 4 is 33.3 Å². The highest BCUT2D eigenvalue weighted by molar-refractivity contribution is 7.20. The second-order valence-electron chi connectivity index (χ2n) is 7.77. The van der Waals surface area contributed by atoms with Gasteiger partial charge < -0.3 is 16.2 Å². The summed E-state index contributed by atoms with van der Waals surface area (Å²) in [5.74, 6) is -0.356. The van der Waals surface area contributed by atoms with Crippen molar-refractivity contribution in [3.63, 3.8) is 0 Å².